The van der Waals surface area contributed by atoms with Crippen LogP contribution >= 0.6 is 11.3 Å². The maximum absolute atomic E-state index is 3.52. The lowest BCUT2D eigenvalue weighted by molar-refractivity contribution is 0.205. The molecule has 2 aliphatic rings. The number of piperidine rings is 1. The largest absolute Gasteiger partial charge is 0.310 e. The lowest BCUT2D eigenvalue weighted by atomic mass is 10.1. The Labute approximate surface area is 121 Å². The van der Waals surface area contributed by atoms with Crippen molar-refractivity contribution in [3.63, 3.8) is 0 Å². The number of aryl methyl sites for hydroxylation is 1. The zero-order valence-corrected chi connectivity index (χ0v) is 13.2. The SMILES string of the molecule is Cc1sc(CNC(C)C)cc1CN1CC2CCC1C2. The molecule has 2 nitrogen and oxygen atoms in total. The summed E-state index contributed by atoms with van der Waals surface area (Å²) in [6.45, 7) is 10.3. The van der Waals surface area contributed by atoms with Crippen LogP contribution in [0, 0.1) is 12.8 Å². The first-order chi connectivity index (χ1) is 9.11. The predicted octanol–water partition coefficient (Wildman–Crippen LogP) is 3.54. The molecule has 3 rings (SSSR count). The van der Waals surface area contributed by atoms with E-state index in [1.54, 1.807) is 5.56 Å². The van der Waals surface area contributed by atoms with Gasteiger partial charge in [-0.3, -0.25) is 4.90 Å². The highest BCUT2D eigenvalue weighted by Gasteiger charge is 2.37. The Morgan fingerprint density at radius 3 is 2.89 bits per heavy atom. The molecule has 19 heavy (non-hydrogen) atoms. The van der Waals surface area contributed by atoms with Crippen molar-refractivity contribution < 1.29 is 0 Å². The summed E-state index contributed by atoms with van der Waals surface area (Å²) in [7, 11) is 0. The first-order valence-corrected chi connectivity index (χ1v) is 8.49. The van der Waals surface area contributed by atoms with E-state index in [0.717, 1.165) is 18.5 Å². The van der Waals surface area contributed by atoms with Crippen LogP contribution in [0.2, 0.25) is 0 Å². The second-order valence-corrected chi connectivity index (χ2v) is 7.93. The van der Waals surface area contributed by atoms with Crippen molar-refractivity contribution in [1.82, 2.24) is 10.2 Å². The Morgan fingerprint density at radius 2 is 2.26 bits per heavy atom. The molecule has 0 radical (unpaired) electrons. The first-order valence-electron chi connectivity index (χ1n) is 7.67. The maximum Gasteiger partial charge on any atom is 0.0302 e. The Hall–Kier alpha value is -0.380. The molecule has 1 N–H and O–H groups in total. The number of nitrogens with zero attached hydrogens (tertiary/aromatic N) is 1. The van der Waals surface area contributed by atoms with Gasteiger partial charge >= 0.3 is 0 Å². The molecular formula is C16H26N2S. The van der Waals surface area contributed by atoms with Gasteiger partial charge in [0.25, 0.3) is 0 Å². The minimum atomic E-state index is 0.570. The molecule has 1 saturated heterocycles. The molecule has 1 aliphatic heterocycles. The van der Waals surface area contributed by atoms with E-state index in [1.165, 1.54) is 42.1 Å². The van der Waals surface area contributed by atoms with Crippen molar-refractivity contribution in [1.29, 1.82) is 0 Å². The molecule has 2 fully saturated rings. The molecule has 2 unspecified atom stereocenters. The fraction of sp³-hybridized carbons (Fsp3) is 0.750. The topological polar surface area (TPSA) is 15.3 Å². The highest BCUT2D eigenvalue weighted by Crippen LogP contribution is 2.38. The summed E-state index contributed by atoms with van der Waals surface area (Å²) in [5.74, 6) is 1.01. The van der Waals surface area contributed by atoms with E-state index in [-0.39, 0.29) is 0 Å². The fourth-order valence-electron chi connectivity index (χ4n) is 3.58. The van der Waals surface area contributed by atoms with E-state index in [0.29, 0.717) is 6.04 Å². The second-order valence-electron chi connectivity index (χ2n) is 6.59. The quantitative estimate of drug-likeness (QED) is 0.886. The predicted molar refractivity (Wildman–Crippen MR) is 82.6 cm³/mol. The summed E-state index contributed by atoms with van der Waals surface area (Å²) in [4.78, 5) is 5.73. The smallest absolute Gasteiger partial charge is 0.0302 e. The van der Waals surface area contributed by atoms with Gasteiger partial charge in [0.1, 0.15) is 0 Å². The summed E-state index contributed by atoms with van der Waals surface area (Å²) in [5.41, 5.74) is 1.57. The summed E-state index contributed by atoms with van der Waals surface area (Å²) in [5, 5.41) is 3.52. The lowest BCUT2D eigenvalue weighted by Crippen LogP contribution is -2.31. The van der Waals surface area contributed by atoms with E-state index in [4.69, 9.17) is 0 Å². The Bertz CT molecular complexity index is 438. The highest BCUT2D eigenvalue weighted by atomic mass is 32.1. The summed E-state index contributed by atoms with van der Waals surface area (Å²) in [6, 6.07) is 3.89. The van der Waals surface area contributed by atoms with Gasteiger partial charge in [-0.2, -0.15) is 0 Å². The van der Waals surface area contributed by atoms with Crippen molar-refractivity contribution in [2.45, 2.75) is 65.2 Å². The summed E-state index contributed by atoms with van der Waals surface area (Å²) < 4.78 is 0. The molecule has 2 heterocycles. The molecule has 2 atom stereocenters. The van der Waals surface area contributed by atoms with Crippen LogP contribution in [0.3, 0.4) is 0 Å². The van der Waals surface area contributed by atoms with Crippen LogP contribution in [0.15, 0.2) is 6.07 Å². The average molecular weight is 278 g/mol. The monoisotopic (exact) mass is 278 g/mol. The minimum absolute atomic E-state index is 0.570. The molecule has 3 heteroatoms. The number of thiophene rings is 1. The number of fused-ring (bicyclic) bond motifs is 2. The van der Waals surface area contributed by atoms with Crippen LogP contribution in [0.1, 0.15) is 48.4 Å². The standard InChI is InChI=1S/C16H26N2S/c1-11(2)17-8-16-7-14(12(3)19-16)10-18-9-13-4-5-15(18)6-13/h7,11,13,15,17H,4-6,8-10H2,1-3H3. The van der Waals surface area contributed by atoms with E-state index >= 15 is 0 Å². The molecule has 0 spiro atoms. The van der Waals surface area contributed by atoms with Gasteiger partial charge in [0.15, 0.2) is 0 Å². The van der Waals surface area contributed by atoms with Crippen molar-refractivity contribution in [3.05, 3.63) is 21.4 Å². The number of likely N-dealkylation sites (tertiary alicyclic amines) is 1. The fourth-order valence-corrected chi connectivity index (χ4v) is 4.58. The number of hydrogen-bond donors (Lipinski definition) is 1. The van der Waals surface area contributed by atoms with Crippen LogP contribution in [0.25, 0.3) is 0 Å². The van der Waals surface area contributed by atoms with Crippen molar-refractivity contribution in [2.24, 2.45) is 5.92 Å². The van der Waals surface area contributed by atoms with Gasteiger partial charge < -0.3 is 5.32 Å². The van der Waals surface area contributed by atoms with Gasteiger partial charge in [0.05, 0.1) is 0 Å². The Balaban J connectivity index is 1.61. The number of rotatable bonds is 5. The van der Waals surface area contributed by atoms with E-state index in [2.05, 4.69) is 37.1 Å². The van der Waals surface area contributed by atoms with E-state index in [1.807, 2.05) is 11.3 Å². The molecule has 1 aliphatic carbocycles. The van der Waals surface area contributed by atoms with Crippen LogP contribution in [-0.2, 0) is 13.1 Å². The second kappa shape index (κ2) is 5.55. The van der Waals surface area contributed by atoms with Crippen LogP contribution in [-0.4, -0.2) is 23.5 Å². The Morgan fingerprint density at radius 1 is 1.42 bits per heavy atom. The normalized spacial score (nSPS) is 26.7. The first kappa shape index (κ1) is 13.6. The third-order valence-electron chi connectivity index (χ3n) is 4.65. The summed E-state index contributed by atoms with van der Waals surface area (Å²) >= 11 is 1.97. The van der Waals surface area contributed by atoms with Crippen molar-refractivity contribution >= 4 is 11.3 Å². The molecule has 0 amide bonds. The third kappa shape index (κ3) is 3.04. The number of hydrogen-bond acceptors (Lipinski definition) is 3. The minimum Gasteiger partial charge on any atom is -0.310 e. The molecule has 1 aromatic rings. The van der Waals surface area contributed by atoms with Crippen LogP contribution in [0.5, 0.6) is 0 Å². The summed E-state index contributed by atoms with van der Waals surface area (Å²) in [6.07, 6.45) is 4.38. The highest BCUT2D eigenvalue weighted by molar-refractivity contribution is 7.12. The molecular weight excluding hydrogens is 252 g/mol. The van der Waals surface area contributed by atoms with Gasteiger partial charge in [0.2, 0.25) is 0 Å². The zero-order chi connectivity index (χ0) is 13.4. The van der Waals surface area contributed by atoms with Crippen molar-refractivity contribution in [2.75, 3.05) is 6.54 Å². The van der Waals surface area contributed by atoms with Gasteiger partial charge in [-0.05, 0) is 43.7 Å². The molecule has 1 saturated carbocycles. The van der Waals surface area contributed by atoms with E-state index < -0.39 is 0 Å². The third-order valence-corrected chi connectivity index (χ3v) is 5.74. The van der Waals surface area contributed by atoms with E-state index in [9.17, 15) is 0 Å². The molecule has 106 valence electrons. The molecule has 1 aromatic heterocycles. The Kier molecular flexibility index (Phi) is 3.97. The number of nitrogens with one attached hydrogen (secondary N) is 1. The molecule has 0 aromatic carbocycles. The van der Waals surface area contributed by atoms with Gasteiger partial charge in [-0.15, -0.1) is 11.3 Å². The van der Waals surface area contributed by atoms with Crippen LogP contribution < -0.4 is 5.32 Å². The average Bonchev–Trinajstić information content (AvgIpc) is 3.03. The maximum atomic E-state index is 3.52. The molecule has 2 bridgehead atoms. The van der Waals surface area contributed by atoms with Gasteiger partial charge in [-0.25, -0.2) is 0 Å². The zero-order valence-electron chi connectivity index (χ0n) is 12.4. The van der Waals surface area contributed by atoms with Gasteiger partial charge in [-0.1, -0.05) is 13.8 Å². The lowest BCUT2D eigenvalue weighted by Gasteiger charge is -2.26. The van der Waals surface area contributed by atoms with Crippen molar-refractivity contribution in [3.8, 4) is 0 Å². The van der Waals surface area contributed by atoms with Crippen LogP contribution in [0.4, 0.5) is 0 Å². The van der Waals surface area contributed by atoms with Gasteiger partial charge in [0, 0.05) is 41.5 Å².